The number of ether oxygens (including phenoxy) is 2. The van der Waals surface area contributed by atoms with Crippen LogP contribution in [0.3, 0.4) is 0 Å². The molecular weight excluding hydrogens is 246 g/mol. The lowest BCUT2D eigenvalue weighted by Gasteiger charge is -1.99. The van der Waals surface area contributed by atoms with Crippen LogP contribution in [-0.2, 0) is 4.74 Å². The van der Waals surface area contributed by atoms with Gasteiger partial charge in [-0.2, -0.15) is 10.4 Å². The van der Waals surface area contributed by atoms with Crippen molar-refractivity contribution >= 4 is 5.97 Å². The SMILES string of the molecule is COc1cn(-c2ccccc2)nc1C(=O)OCC#N. The third kappa shape index (κ3) is 2.72. The Balaban J connectivity index is 2.33. The van der Waals surface area contributed by atoms with Crippen molar-refractivity contribution in [2.75, 3.05) is 13.7 Å². The normalized spacial score (nSPS) is 9.68. The second kappa shape index (κ2) is 5.69. The predicted octanol–water partition coefficient (Wildman–Crippen LogP) is 1.56. The molecule has 0 saturated carbocycles. The van der Waals surface area contributed by atoms with Crippen LogP contribution in [0.2, 0.25) is 0 Å². The number of para-hydroxylation sites is 1. The number of rotatable bonds is 4. The summed E-state index contributed by atoms with van der Waals surface area (Å²) in [4.78, 5) is 11.7. The van der Waals surface area contributed by atoms with Gasteiger partial charge in [0, 0.05) is 0 Å². The molecule has 1 aromatic heterocycles. The fraction of sp³-hybridized carbons (Fsp3) is 0.154. The number of hydrogen-bond acceptors (Lipinski definition) is 5. The van der Waals surface area contributed by atoms with Crippen molar-refractivity contribution in [2.45, 2.75) is 0 Å². The number of carbonyl (C=O) groups excluding carboxylic acids is 1. The highest BCUT2D eigenvalue weighted by atomic mass is 16.5. The van der Waals surface area contributed by atoms with E-state index in [0.717, 1.165) is 5.69 Å². The Bertz CT molecular complexity index is 614. The molecule has 0 N–H and O–H groups in total. The smallest absolute Gasteiger partial charge is 0.363 e. The largest absolute Gasteiger partial charge is 0.493 e. The average molecular weight is 257 g/mol. The number of esters is 1. The maximum Gasteiger partial charge on any atom is 0.363 e. The Morgan fingerprint density at radius 2 is 2.16 bits per heavy atom. The first-order valence-corrected chi connectivity index (χ1v) is 5.49. The lowest BCUT2D eigenvalue weighted by Crippen LogP contribution is -2.08. The van der Waals surface area contributed by atoms with Gasteiger partial charge in [0.1, 0.15) is 6.07 Å². The monoisotopic (exact) mass is 257 g/mol. The molecule has 1 aromatic carbocycles. The van der Waals surface area contributed by atoms with Crippen LogP contribution in [0.5, 0.6) is 5.75 Å². The summed E-state index contributed by atoms with van der Waals surface area (Å²) < 4.78 is 11.3. The molecule has 0 unspecified atom stereocenters. The molecule has 0 bridgehead atoms. The van der Waals surface area contributed by atoms with Crippen LogP contribution in [0.25, 0.3) is 5.69 Å². The van der Waals surface area contributed by atoms with Gasteiger partial charge in [0.25, 0.3) is 0 Å². The number of benzene rings is 1. The van der Waals surface area contributed by atoms with Crippen molar-refractivity contribution in [2.24, 2.45) is 0 Å². The number of nitrogens with zero attached hydrogens (tertiary/aromatic N) is 3. The molecule has 2 rings (SSSR count). The zero-order valence-corrected chi connectivity index (χ0v) is 10.2. The molecule has 0 aliphatic carbocycles. The molecule has 0 amide bonds. The van der Waals surface area contributed by atoms with Crippen LogP contribution in [0.4, 0.5) is 0 Å². The standard InChI is InChI=1S/C13H11N3O3/c1-18-11-9-16(10-5-3-2-4-6-10)15-12(11)13(17)19-8-7-14/h2-6,9H,8H2,1H3. The zero-order chi connectivity index (χ0) is 13.7. The fourth-order valence-electron chi connectivity index (χ4n) is 1.53. The first kappa shape index (κ1) is 12.6. The minimum atomic E-state index is -0.687. The Morgan fingerprint density at radius 3 is 2.79 bits per heavy atom. The van der Waals surface area contributed by atoms with Gasteiger partial charge >= 0.3 is 5.97 Å². The molecular formula is C13H11N3O3. The quantitative estimate of drug-likeness (QED) is 0.777. The van der Waals surface area contributed by atoms with E-state index in [4.69, 9.17) is 14.7 Å². The van der Waals surface area contributed by atoms with Crippen LogP contribution < -0.4 is 4.74 Å². The maximum absolute atomic E-state index is 11.7. The van der Waals surface area contributed by atoms with Crippen LogP contribution >= 0.6 is 0 Å². The highest BCUT2D eigenvalue weighted by Gasteiger charge is 2.19. The van der Waals surface area contributed by atoms with Gasteiger partial charge in [-0.3, -0.25) is 0 Å². The maximum atomic E-state index is 11.7. The van der Waals surface area contributed by atoms with Crippen molar-refractivity contribution in [3.8, 4) is 17.5 Å². The predicted molar refractivity (Wildman–Crippen MR) is 66.0 cm³/mol. The molecule has 0 radical (unpaired) electrons. The van der Waals surface area contributed by atoms with Gasteiger partial charge in [0.05, 0.1) is 19.0 Å². The third-order valence-corrected chi connectivity index (χ3v) is 2.38. The van der Waals surface area contributed by atoms with E-state index in [9.17, 15) is 4.79 Å². The van der Waals surface area contributed by atoms with Gasteiger partial charge in [-0.15, -0.1) is 0 Å². The number of methoxy groups -OCH3 is 1. The molecule has 0 aliphatic rings. The average Bonchev–Trinajstić information content (AvgIpc) is 2.90. The summed E-state index contributed by atoms with van der Waals surface area (Å²) in [6, 6.07) is 11.0. The van der Waals surface area contributed by atoms with Crippen molar-refractivity contribution in [3.05, 3.63) is 42.2 Å². The van der Waals surface area contributed by atoms with Crippen LogP contribution in [0.1, 0.15) is 10.5 Å². The topological polar surface area (TPSA) is 77.1 Å². The fourth-order valence-corrected chi connectivity index (χ4v) is 1.53. The Labute approximate surface area is 109 Å². The molecule has 6 nitrogen and oxygen atoms in total. The first-order chi connectivity index (χ1) is 9.26. The second-order valence-corrected chi connectivity index (χ2v) is 3.56. The van der Waals surface area contributed by atoms with Gasteiger partial charge in [0.15, 0.2) is 12.4 Å². The van der Waals surface area contributed by atoms with E-state index in [1.165, 1.54) is 11.8 Å². The molecule has 0 spiro atoms. The van der Waals surface area contributed by atoms with E-state index in [2.05, 4.69) is 5.10 Å². The molecule has 96 valence electrons. The summed E-state index contributed by atoms with van der Waals surface area (Å²) in [6.07, 6.45) is 1.58. The van der Waals surface area contributed by atoms with E-state index >= 15 is 0 Å². The lowest BCUT2D eigenvalue weighted by atomic mass is 10.3. The number of hydrogen-bond donors (Lipinski definition) is 0. The summed E-state index contributed by atoms with van der Waals surface area (Å²) in [5.41, 5.74) is 0.835. The van der Waals surface area contributed by atoms with Crippen LogP contribution in [0, 0.1) is 11.3 Å². The summed E-state index contributed by atoms with van der Waals surface area (Å²) in [6.45, 7) is -0.319. The van der Waals surface area contributed by atoms with E-state index in [0.29, 0.717) is 5.75 Å². The molecule has 0 aliphatic heterocycles. The summed E-state index contributed by atoms with van der Waals surface area (Å²) in [5.74, 6) is -0.389. The Hall–Kier alpha value is -2.81. The molecule has 6 heteroatoms. The van der Waals surface area contributed by atoms with Crippen LogP contribution in [0.15, 0.2) is 36.5 Å². The Kier molecular flexibility index (Phi) is 3.78. The third-order valence-electron chi connectivity index (χ3n) is 2.38. The van der Waals surface area contributed by atoms with Gasteiger partial charge in [-0.05, 0) is 12.1 Å². The lowest BCUT2D eigenvalue weighted by molar-refractivity contribution is 0.0544. The van der Waals surface area contributed by atoms with Crippen molar-refractivity contribution in [3.63, 3.8) is 0 Å². The molecule has 0 saturated heterocycles. The van der Waals surface area contributed by atoms with Gasteiger partial charge in [-0.25, -0.2) is 9.48 Å². The number of aromatic nitrogens is 2. The second-order valence-electron chi connectivity index (χ2n) is 3.56. The summed E-state index contributed by atoms with van der Waals surface area (Å²) in [5, 5.41) is 12.5. The van der Waals surface area contributed by atoms with Gasteiger partial charge in [0.2, 0.25) is 5.69 Å². The van der Waals surface area contributed by atoms with E-state index in [1.54, 1.807) is 12.3 Å². The van der Waals surface area contributed by atoms with Gasteiger partial charge < -0.3 is 9.47 Å². The molecule has 0 atom stereocenters. The molecule has 1 heterocycles. The van der Waals surface area contributed by atoms with Gasteiger partial charge in [-0.1, -0.05) is 18.2 Å². The Morgan fingerprint density at radius 1 is 1.42 bits per heavy atom. The minimum absolute atomic E-state index is 0.0432. The van der Waals surface area contributed by atoms with Crippen LogP contribution in [-0.4, -0.2) is 29.5 Å². The molecule has 0 fully saturated rings. The van der Waals surface area contributed by atoms with Crippen molar-refractivity contribution in [1.82, 2.24) is 9.78 Å². The minimum Gasteiger partial charge on any atom is -0.493 e. The van der Waals surface area contributed by atoms with E-state index in [1.807, 2.05) is 30.3 Å². The first-order valence-electron chi connectivity index (χ1n) is 5.49. The zero-order valence-electron chi connectivity index (χ0n) is 10.2. The summed E-state index contributed by atoms with van der Waals surface area (Å²) in [7, 11) is 1.44. The van der Waals surface area contributed by atoms with E-state index in [-0.39, 0.29) is 12.3 Å². The van der Waals surface area contributed by atoms with Crippen molar-refractivity contribution < 1.29 is 14.3 Å². The number of carbonyl (C=O) groups is 1. The van der Waals surface area contributed by atoms with E-state index < -0.39 is 5.97 Å². The highest BCUT2D eigenvalue weighted by Crippen LogP contribution is 2.20. The highest BCUT2D eigenvalue weighted by molar-refractivity contribution is 5.90. The van der Waals surface area contributed by atoms with Crippen molar-refractivity contribution in [1.29, 1.82) is 5.26 Å². The molecule has 2 aromatic rings. The molecule has 19 heavy (non-hydrogen) atoms. The number of nitriles is 1. The summed E-state index contributed by atoms with van der Waals surface area (Å²) >= 11 is 0.